The van der Waals surface area contributed by atoms with E-state index in [0.29, 0.717) is 38.4 Å². The lowest BCUT2D eigenvalue weighted by Crippen LogP contribution is -2.40. The quantitative estimate of drug-likeness (QED) is 0.762. The molecule has 0 radical (unpaired) electrons. The smallest absolute Gasteiger partial charge is 0.274 e. The summed E-state index contributed by atoms with van der Waals surface area (Å²) in [5, 5.41) is 7.62. The van der Waals surface area contributed by atoms with Crippen LogP contribution in [0, 0.1) is 17.3 Å². The molecule has 3 fully saturated rings. The van der Waals surface area contributed by atoms with Crippen molar-refractivity contribution >= 4 is 23.0 Å². The van der Waals surface area contributed by atoms with Crippen LogP contribution in [-0.4, -0.2) is 52.6 Å². The Balaban J connectivity index is 1.32. The monoisotopic (exact) mass is 438 g/mol. The van der Waals surface area contributed by atoms with Gasteiger partial charge in [0, 0.05) is 25.7 Å². The van der Waals surface area contributed by atoms with Gasteiger partial charge in [-0.1, -0.05) is 26.2 Å². The third kappa shape index (κ3) is 4.27. The van der Waals surface area contributed by atoms with Crippen LogP contribution in [0.3, 0.4) is 0 Å². The van der Waals surface area contributed by atoms with Crippen LogP contribution in [0.2, 0.25) is 0 Å². The molecule has 2 amide bonds. The Labute approximate surface area is 189 Å². The Morgan fingerprint density at radius 1 is 1.28 bits per heavy atom. The normalized spacial score (nSPS) is 28.0. The average molecular weight is 439 g/mol. The third-order valence-corrected chi connectivity index (χ3v) is 7.84. The summed E-state index contributed by atoms with van der Waals surface area (Å²) in [5.41, 5.74) is 2.04. The molecule has 1 saturated heterocycles. The zero-order chi connectivity index (χ0) is 22.1. The number of anilines is 1. The summed E-state index contributed by atoms with van der Waals surface area (Å²) in [5.74, 6) is 1.54. The molecular formula is C25H34N4O3. The summed E-state index contributed by atoms with van der Waals surface area (Å²) in [4.78, 5) is 27.8. The fourth-order valence-electron chi connectivity index (χ4n) is 6.37. The first-order valence-electron chi connectivity index (χ1n) is 12.2. The number of amides is 2. The lowest BCUT2D eigenvalue weighted by Gasteiger charge is -2.48. The van der Waals surface area contributed by atoms with Gasteiger partial charge < -0.3 is 15.0 Å². The van der Waals surface area contributed by atoms with Crippen molar-refractivity contribution in [2.24, 2.45) is 17.3 Å². The zero-order valence-corrected chi connectivity index (χ0v) is 19.0. The molecule has 172 valence electrons. The van der Waals surface area contributed by atoms with Crippen molar-refractivity contribution in [3.05, 3.63) is 30.1 Å². The molecule has 2 aliphatic carbocycles. The standard InChI is InChI=1S/C25H34N4O3/c1-2-18-13-19-5-3-7-25(15-18,16-19)17-23(30)26-20-6-4-8-29-22(20)14-21(27-29)24(31)28-9-11-32-12-10-28/h4,6,8,14,18-19H,2-3,5,7,9-13,15-17H2,1H3,(H,26,30). The minimum absolute atomic E-state index is 0.0813. The van der Waals surface area contributed by atoms with Crippen LogP contribution in [0.25, 0.3) is 5.52 Å². The van der Waals surface area contributed by atoms with E-state index in [1.807, 2.05) is 18.3 Å². The van der Waals surface area contributed by atoms with Crippen molar-refractivity contribution in [1.29, 1.82) is 0 Å². The number of hydrogen-bond acceptors (Lipinski definition) is 4. The summed E-state index contributed by atoms with van der Waals surface area (Å²) < 4.78 is 7.03. The van der Waals surface area contributed by atoms with Gasteiger partial charge in [-0.05, 0) is 61.1 Å². The van der Waals surface area contributed by atoms with Crippen LogP contribution in [-0.2, 0) is 9.53 Å². The number of rotatable bonds is 5. The Hall–Kier alpha value is -2.41. The van der Waals surface area contributed by atoms with E-state index in [2.05, 4.69) is 17.3 Å². The van der Waals surface area contributed by atoms with Crippen molar-refractivity contribution in [1.82, 2.24) is 14.5 Å². The van der Waals surface area contributed by atoms with Gasteiger partial charge in [0.1, 0.15) is 0 Å². The van der Waals surface area contributed by atoms with Crippen molar-refractivity contribution in [2.45, 2.75) is 58.3 Å². The molecule has 0 aromatic carbocycles. The van der Waals surface area contributed by atoms with E-state index in [0.717, 1.165) is 23.0 Å². The van der Waals surface area contributed by atoms with Crippen LogP contribution in [0.5, 0.6) is 0 Å². The first-order chi connectivity index (χ1) is 15.5. The molecule has 2 aromatic heterocycles. The highest BCUT2D eigenvalue weighted by atomic mass is 16.5. The zero-order valence-electron chi connectivity index (χ0n) is 19.0. The molecule has 5 rings (SSSR count). The summed E-state index contributed by atoms with van der Waals surface area (Å²) in [6.45, 7) is 4.57. The van der Waals surface area contributed by atoms with Gasteiger partial charge >= 0.3 is 0 Å². The molecule has 3 atom stereocenters. The van der Waals surface area contributed by atoms with E-state index in [-0.39, 0.29) is 17.2 Å². The molecule has 2 bridgehead atoms. The lowest BCUT2D eigenvalue weighted by molar-refractivity contribution is -0.120. The Morgan fingerprint density at radius 3 is 2.94 bits per heavy atom. The maximum atomic E-state index is 13.2. The van der Waals surface area contributed by atoms with Gasteiger partial charge in [-0.15, -0.1) is 0 Å². The molecule has 3 unspecified atom stereocenters. The highest BCUT2D eigenvalue weighted by Gasteiger charge is 2.43. The molecule has 3 aliphatic rings. The summed E-state index contributed by atoms with van der Waals surface area (Å²) in [7, 11) is 0. The molecule has 0 spiro atoms. The van der Waals surface area contributed by atoms with Crippen molar-refractivity contribution in [3.8, 4) is 0 Å². The fourth-order valence-corrected chi connectivity index (χ4v) is 6.37. The maximum Gasteiger partial charge on any atom is 0.274 e. The summed E-state index contributed by atoms with van der Waals surface area (Å²) >= 11 is 0. The topological polar surface area (TPSA) is 75.9 Å². The van der Waals surface area contributed by atoms with E-state index in [9.17, 15) is 9.59 Å². The predicted octanol–water partition coefficient (Wildman–Crippen LogP) is 4.13. The van der Waals surface area contributed by atoms with Crippen LogP contribution in [0.1, 0.15) is 68.8 Å². The second kappa shape index (κ2) is 8.85. The highest BCUT2D eigenvalue weighted by Crippen LogP contribution is 2.53. The lowest BCUT2D eigenvalue weighted by atomic mass is 9.57. The van der Waals surface area contributed by atoms with Crippen LogP contribution < -0.4 is 5.32 Å². The Morgan fingerprint density at radius 2 is 2.12 bits per heavy atom. The van der Waals surface area contributed by atoms with Crippen LogP contribution in [0.15, 0.2) is 24.4 Å². The molecule has 32 heavy (non-hydrogen) atoms. The molecule has 7 heteroatoms. The average Bonchev–Trinajstić information content (AvgIpc) is 3.24. The van der Waals surface area contributed by atoms with Gasteiger partial charge in [-0.3, -0.25) is 9.59 Å². The van der Waals surface area contributed by atoms with Gasteiger partial charge in [0.2, 0.25) is 5.91 Å². The van der Waals surface area contributed by atoms with E-state index in [1.165, 1.54) is 44.9 Å². The first kappa shape index (κ1) is 21.4. The van der Waals surface area contributed by atoms with Crippen molar-refractivity contribution < 1.29 is 14.3 Å². The van der Waals surface area contributed by atoms with Gasteiger partial charge in [0.15, 0.2) is 5.69 Å². The Bertz CT molecular complexity index is 996. The van der Waals surface area contributed by atoms with Crippen LogP contribution in [0.4, 0.5) is 5.69 Å². The minimum Gasteiger partial charge on any atom is -0.378 e. The molecule has 2 saturated carbocycles. The van der Waals surface area contributed by atoms with Crippen molar-refractivity contribution in [2.75, 3.05) is 31.6 Å². The number of carbonyl (C=O) groups is 2. The van der Waals surface area contributed by atoms with Gasteiger partial charge in [0.05, 0.1) is 24.4 Å². The molecule has 1 aliphatic heterocycles. The molecule has 2 aromatic rings. The van der Waals surface area contributed by atoms with E-state index in [1.54, 1.807) is 15.5 Å². The second-order valence-electron chi connectivity index (χ2n) is 10.1. The van der Waals surface area contributed by atoms with Gasteiger partial charge in [-0.25, -0.2) is 4.52 Å². The largest absolute Gasteiger partial charge is 0.378 e. The fraction of sp³-hybridized carbons (Fsp3) is 0.640. The number of ether oxygens (including phenoxy) is 1. The number of morpholine rings is 1. The van der Waals surface area contributed by atoms with Gasteiger partial charge in [0.25, 0.3) is 5.91 Å². The third-order valence-electron chi connectivity index (χ3n) is 7.84. The van der Waals surface area contributed by atoms with Crippen LogP contribution >= 0.6 is 0 Å². The molecule has 7 nitrogen and oxygen atoms in total. The van der Waals surface area contributed by atoms with E-state index >= 15 is 0 Å². The minimum atomic E-state index is -0.0887. The number of aromatic nitrogens is 2. The second-order valence-corrected chi connectivity index (χ2v) is 10.1. The SMILES string of the molecule is CCC1CC2CCCC(CC(=O)Nc3cccn4nc(C(=O)N5CCOCC5)cc34)(C1)C2. The van der Waals surface area contributed by atoms with E-state index in [4.69, 9.17) is 4.74 Å². The number of carbonyl (C=O) groups excluding carboxylic acids is 2. The molecule has 1 N–H and O–H groups in total. The number of pyridine rings is 1. The summed E-state index contributed by atoms with van der Waals surface area (Å²) in [6.07, 6.45) is 11.1. The predicted molar refractivity (Wildman–Crippen MR) is 123 cm³/mol. The molecular weight excluding hydrogens is 404 g/mol. The molecule has 3 heterocycles. The highest BCUT2D eigenvalue weighted by molar-refractivity contribution is 5.98. The number of fused-ring (bicyclic) bond motifs is 3. The Kier molecular flexibility index (Phi) is 5.93. The summed E-state index contributed by atoms with van der Waals surface area (Å²) in [6, 6.07) is 5.55. The number of nitrogens with zero attached hydrogens (tertiary/aromatic N) is 3. The van der Waals surface area contributed by atoms with Gasteiger partial charge in [-0.2, -0.15) is 5.10 Å². The first-order valence-corrected chi connectivity index (χ1v) is 12.2. The van der Waals surface area contributed by atoms with Crippen molar-refractivity contribution in [3.63, 3.8) is 0 Å². The maximum absolute atomic E-state index is 13.2. The van der Waals surface area contributed by atoms with E-state index < -0.39 is 0 Å². The number of nitrogens with one attached hydrogen (secondary N) is 1. The number of hydrogen-bond donors (Lipinski definition) is 1.